The number of aromatic nitrogens is 2. The van der Waals surface area contributed by atoms with E-state index in [1.165, 1.54) is 0 Å². The number of halogens is 1. The van der Waals surface area contributed by atoms with Crippen LogP contribution in [0.25, 0.3) is 0 Å². The van der Waals surface area contributed by atoms with Gasteiger partial charge in [-0.3, -0.25) is 0 Å². The van der Waals surface area contributed by atoms with Crippen LogP contribution in [-0.2, 0) is 0 Å². The molecule has 0 saturated heterocycles. The average Bonchev–Trinajstić information content (AvgIpc) is 2.73. The molecule has 0 aliphatic heterocycles. The summed E-state index contributed by atoms with van der Waals surface area (Å²) in [5.41, 5.74) is -0.576. The van der Waals surface area contributed by atoms with Crippen molar-refractivity contribution in [3.8, 4) is 0 Å². The van der Waals surface area contributed by atoms with Crippen molar-refractivity contribution in [1.82, 2.24) is 8.75 Å². The summed E-state index contributed by atoms with van der Waals surface area (Å²) in [7, 11) is 0. The van der Waals surface area contributed by atoms with Gasteiger partial charge in [0.25, 0.3) is 0 Å². The number of nitrogens with one attached hydrogen (secondary N) is 1. The minimum absolute atomic E-state index is 0.386. The van der Waals surface area contributed by atoms with E-state index < -0.39 is 5.60 Å². The molecule has 14 heavy (non-hydrogen) atoms. The van der Waals surface area contributed by atoms with E-state index in [2.05, 4.69) is 14.1 Å². The highest BCUT2D eigenvalue weighted by molar-refractivity contribution is 6.99. The van der Waals surface area contributed by atoms with Crippen molar-refractivity contribution in [2.24, 2.45) is 0 Å². The molecule has 1 heterocycles. The van der Waals surface area contributed by atoms with Crippen molar-refractivity contribution in [2.75, 3.05) is 11.9 Å². The highest BCUT2D eigenvalue weighted by Gasteiger charge is 2.31. The topological polar surface area (TPSA) is 58.0 Å². The molecule has 1 aliphatic rings. The van der Waals surface area contributed by atoms with Gasteiger partial charge in [0.2, 0.25) is 0 Å². The van der Waals surface area contributed by atoms with Gasteiger partial charge < -0.3 is 10.4 Å². The Morgan fingerprint density at radius 1 is 1.43 bits per heavy atom. The van der Waals surface area contributed by atoms with Gasteiger partial charge in [-0.15, -0.1) is 0 Å². The van der Waals surface area contributed by atoms with Crippen molar-refractivity contribution in [2.45, 2.75) is 31.3 Å². The number of anilines is 1. The molecule has 0 bridgehead atoms. The van der Waals surface area contributed by atoms with Crippen LogP contribution in [0, 0.1) is 0 Å². The molecule has 0 unspecified atom stereocenters. The summed E-state index contributed by atoms with van der Waals surface area (Å²) in [5, 5.41) is 13.4. The fourth-order valence-electron chi connectivity index (χ4n) is 1.74. The molecule has 6 heteroatoms. The van der Waals surface area contributed by atoms with Crippen molar-refractivity contribution < 1.29 is 5.11 Å². The predicted molar refractivity (Wildman–Crippen MR) is 56.8 cm³/mol. The number of hydrogen-bond donors (Lipinski definition) is 2. The lowest BCUT2D eigenvalue weighted by Crippen LogP contribution is -2.33. The molecule has 2 N–H and O–H groups in total. The molecule has 1 aliphatic carbocycles. The fourth-order valence-corrected chi connectivity index (χ4v) is 2.42. The Morgan fingerprint density at radius 3 is 2.71 bits per heavy atom. The SMILES string of the molecule is OC1(CNc2nsnc2Cl)CCCC1. The monoisotopic (exact) mass is 233 g/mol. The Hall–Kier alpha value is -0.390. The summed E-state index contributed by atoms with van der Waals surface area (Å²) in [4.78, 5) is 0. The Labute approximate surface area is 91.6 Å². The van der Waals surface area contributed by atoms with E-state index in [0.717, 1.165) is 37.4 Å². The van der Waals surface area contributed by atoms with Crippen LogP contribution < -0.4 is 5.32 Å². The predicted octanol–water partition coefficient (Wildman–Crippen LogP) is 1.91. The maximum Gasteiger partial charge on any atom is 0.186 e. The molecule has 0 amide bonds. The van der Waals surface area contributed by atoms with Gasteiger partial charge in [0.1, 0.15) is 0 Å². The van der Waals surface area contributed by atoms with Crippen molar-refractivity contribution in [1.29, 1.82) is 0 Å². The van der Waals surface area contributed by atoms with Crippen LogP contribution >= 0.6 is 23.3 Å². The lowest BCUT2D eigenvalue weighted by atomic mass is 10.0. The summed E-state index contributed by atoms with van der Waals surface area (Å²) in [6.45, 7) is 0.512. The van der Waals surface area contributed by atoms with Crippen LogP contribution in [0.1, 0.15) is 25.7 Å². The standard InChI is InChI=1S/C8H12ClN3OS/c9-6-7(12-14-11-6)10-5-8(13)3-1-2-4-8/h13H,1-5H2,(H,10,12). The second-order valence-corrected chi connectivity index (χ2v) is 4.58. The van der Waals surface area contributed by atoms with Crippen LogP contribution in [0.2, 0.25) is 5.15 Å². The van der Waals surface area contributed by atoms with Gasteiger partial charge in [0.15, 0.2) is 11.0 Å². The molecule has 1 aromatic rings. The summed E-state index contributed by atoms with van der Waals surface area (Å²) in [5.74, 6) is 0.581. The number of nitrogens with zero attached hydrogens (tertiary/aromatic N) is 2. The molecule has 0 spiro atoms. The zero-order valence-electron chi connectivity index (χ0n) is 7.66. The maximum atomic E-state index is 10.0. The quantitative estimate of drug-likeness (QED) is 0.838. The molecule has 1 aromatic heterocycles. The molecule has 0 radical (unpaired) electrons. The molecule has 0 atom stereocenters. The van der Waals surface area contributed by atoms with E-state index in [1.54, 1.807) is 0 Å². The van der Waals surface area contributed by atoms with Crippen molar-refractivity contribution in [3.05, 3.63) is 5.15 Å². The highest BCUT2D eigenvalue weighted by atomic mass is 35.5. The van der Waals surface area contributed by atoms with Crippen LogP contribution in [0.3, 0.4) is 0 Å². The first-order chi connectivity index (χ1) is 6.70. The second kappa shape index (κ2) is 4.00. The van der Waals surface area contributed by atoms with E-state index in [-0.39, 0.29) is 0 Å². The first-order valence-electron chi connectivity index (χ1n) is 4.64. The van der Waals surface area contributed by atoms with E-state index in [9.17, 15) is 5.11 Å². The summed E-state index contributed by atoms with van der Waals surface area (Å²) in [6.07, 6.45) is 3.91. The molecule has 2 rings (SSSR count). The van der Waals surface area contributed by atoms with E-state index in [1.807, 2.05) is 0 Å². The second-order valence-electron chi connectivity index (χ2n) is 3.69. The van der Waals surface area contributed by atoms with Gasteiger partial charge >= 0.3 is 0 Å². The third-order valence-corrected chi connectivity index (χ3v) is 3.46. The lowest BCUT2D eigenvalue weighted by Gasteiger charge is -2.21. The third kappa shape index (κ3) is 2.16. The Bertz CT molecular complexity index is 311. The zero-order chi connectivity index (χ0) is 10.0. The first kappa shape index (κ1) is 10.1. The average molecular weight is 234 g/mol. The van der Waals surface area contributed by atoms with Gasteiger partial charge in [-0.05, 0) is 12.8 Å². The molecular weight excluding hydrogens is 222 g/mol. The highest BCUT2D eigenvalue weighted by Crippen LogP contribution is 2.30. The van der Waals surface area contributed by atoms with Crippen molar-refractivity contribution in [3.63, 3.8) is 0 Å². The minimum atomic E-state index is -0.576. The Kier molecular flexibility index (Phi) is 2.90. The van der Waals surface area contributed by atoms with Crippen LogP contribution in [-0.4, -0.2) is 26.0 Å². The van der Waals surface area contributed by atoms with Gasteiger partial charge in [-0.2, -0.15) is 8.75 Å². The summed E-state index contributed by atoms with van der Waals surface area (Å²) >= 11 is 6.83. The van der Waals surface area contributed by atoms with E-state index >= 15 is 0 Å². The van der Waals surface area contributed by atoms with Gasteiger partial charge in [-0.1, -0.05) is 24.4 Å². The largest absolute Gasteiger partial charge is 0.388 e. The van der Waals surface area contributed by atoms with Gasteiger partial charge in [0, 0.05) is 6.54 Å². The molecule has 1 fully saturated rings. The van der Waals surface area contributed by atoms with Crippen LogP contribution in [0.4, 0.5) is 5.82 Å². The van der Waals surface area contributed by atoms with Gasteiger partial charge in [0.05, 0.1) is 17.3 Å². The van der Waals surface area contributed by atoms with Crippen LogP contribution in [0.15, 0.2) is 0 Å². The lowest BCUT2D eigenvalue weighted by molar-refractivity contribution is 0.0614. The Balaban J connectivity index is 1.91. The number of aliphatic hydroxyl groups is 1. The first-order valence-corrected chi connectivity index (χ1v) is 5.75. The molecule has 0 aromatic carbocycles. The van der Waals surface area contributed by atoms with Gasteiger partial charge in [-0.25, -0.2) is 0 Å². The third-order valence-electron chi connectivity index (χ3n) is 2.57. The van der Waals surface area contributed by atoms with Crippen LogP contribution in [0.5, 0.6) is 0 Å². The fraction of sp³-hybridized carbons (Fsp3) is 0.750. The maximum absolute atomic E-state index is 10.0. The summed E-state index contributed by atoms with van der Waals surface area (Å²) < 4.78 is 7.82. The molecule has 4 nitrogen and oxygen atoms in total. The zero-order valence-corrected chi connectivity index (χ0v) is 9.24. The number of hydrogen-bond acceptors (Lipinski definition) is 5. The van der Waals surface area contributed by atoms with Crippen molar-refractivity contribution >= 4 is 29.1 Å². The van der Waals surface area contributed by atoms with E-state index in [0.29, 0.717) is 17.5 Å². The normalized spacial score (nSPS) is 19.9. The Morgan fingerprint density at radius 2 is 2.14 bits per heavy atom. The molecule has 78 valence electrons. The summed E-state index contributed by atoms with van der Waals surface area (Å²) in [6, 6.07) is 0. The molecular formula is C8H12ClN3OS. The minimum Gasteiger partial charge on any atom is -0.388 e. The molecule has 1 saturated carbocycles. The smallest absolute Gasteiger partial charge is 0.186 e. The number of rotatable bonds is 3. The van der Waals surface area contributed by atoms with E-state index in [4.69, 9.17) is 11.6 Å².